The molecule has 1 atom stereocenters. The van der Waals surface area contributed by atoms with Crippen LogP contribution in [-0.2, 0) is 14.0 Å². The van der Waals surface area contributed by atoms with Crippen LogP contribution >= 0.6 is 0 Å². The molecule has 1 aromatic carbocycles. The zero-order valence-electron chi connectivity index (χ0n) is 14.6. The van der Waals surface area contributed by atoms with E-state index in [1.165, 1.54) is 0 Å². The van der Waals surface area contributed by atoms with Gasteiger partial charge in [-0.15, -0.1) is 0 Å². The lowest BCUT2D eigenvalue weighted by atomic mass is 9.78. The summed E-state index contributed by atoms with van der Waals surface area (Å²) in [4.78, 5) is 2.17. The number of benzene rings is 1. The lowest BCUT2D eigenvalue weighted by molar-refractivity contribution is 0.00578. The van der Waals surface area contributed by atoms with E-state index in [2.05, 4.69) is 11.8 Å². The summed E-state index contributed by atoms with van der Waals surface area (Å²) in [7, 11) is -0.670. The van der Waals surface area contributed by atoms with Crippen molar-refractivity contribution in [3.63, 3.8) is 0 Å². The Morgan fingerprint density at radius 3 is 2.39 bits per heavy atom. The van der Waals surface area contributed by atoms with Crippen molar-refractivity contribution in [1.29, 1.82) is 0 Å². The molecule has 0 radical (unpaired) electrons. The molecule has 0 N–H and O–H groups in total. The SMILES string of the molecule is C[C@H]1COCCN1c1ccc(B2OC(C)(C)C(C)(C)O2)c(F)c1. The topological polar surface area (TPSA) is 30.9 Å². The van der Waals surface area contributed by atoms with E-state index < -0.39 is 18.3 Å². The van der Waals surface area contributed by atoms with Gasteiger partial charge in [0.05, 0.1) is 24.4 Å². The van der Waals surface area contributed by atoms with E-state index in [0.717, 1.165) is 12.2 Å². The van der Waals surface area contributed by atoms with Gasteiger partial charge in [-0.1, -0.05) is 6.07 Å². The van der Waals surface area contributed by atoms with Crippen LogP contribution in [0, 0.1) is 5.82 Å². The molecule has 2 fully saturated rings. The maximum Gasteiger partial charge on any atom is 0.497 e. The number of hydrogen-bond donors (Lipinski definition) is 0. The molecule has 0 aromatic heterocycles. The number of nitrogens with zero attached hydrogens (tertiary/aromatic N) is 1. The fourth-order valence-corrected chi connectivity index (χ4v) is 2.97. The van der Waals surface area contributed by atoms with Crippen molar-refractivity contribution in [3.8, 4) is 0 Å². The number of rotatable bonds is 2. The predicted molar refractivity (Wildman–Crippen MR) is 89.7 cm³/mol. The Hall–Kier alpha value is -1.11. The second kappa shape index (κ2) is 5.76. The molecule has 0 spiro atoms. The van der Waals surface area contributed by atoms with Crippen LogP contribution in [0.4, 0.5) is 10.1 Å². The van der Waals surface area contributed by atoms with Gasteiger partial charge in [-0.2, -0.15) is 0 Å². The third-order valence-electron chi connectivity index (χ3n) is 5.19. The Morgan fingerprint density at radius 2 is 1.83 bits per heavy atom. The molecule has 6 heteroatoms. The molecule has 23 heavy (non-hydrogen) atoms. The number of anilines is 1. The van der Waals surface area contributed by atoms with Crippen LogP contribution in [0.3, 0.4) is 0 Å². The molecule has 126 valence electrons. The number of hydrogen-bond acceptors (Lipinski definition) is 4. The van der Waals surface area contributed by atoms with Crippen molar-refractivity contribution in [2.75, 3.05) is 24.7 Å². The molecule has 3 rings (SSSR count). The minimum Gasteiger partial charge on any atom is -0.399 e. The lowest BCUT2D eigenvalue weighted by Gasteiger charge is -2.35. The summed E-state index contributed by atoms with van der Waals surface area (Å²) in [5, 5.41) is 0. The Kier molecular flexibility index (Phi) is 4.19. The van der Waals surface area contributed by atoms with E-state index in [4.69, 9.17) is 14.0 Å². The third-order valence-corrected chi connectivity index (χ3v) is 5.19. The minimum absolute atomic E-state index is 0.242. The predicted octanol–water partition coefficient (Wildman–Crippen LogP) is 2.35. The summed E-state index contributed by atoms with van der Waals surface area (Å²) in [6.45, 7) is 12.1. The molecule has 0 saturated carbocycles. The van der Waals surface area contributed by atoms with Gasteiger partial charge in [-0.3, -0.25) is 0 Å². The van der Waals surface area contributed by atoms with Crippen LogP contribution in [0.2, 0.25) is 0 Å². The highest BCUT2D eigenvalue weighted by atomic mass is 19.1. The first kappa shape index (κ1) is 16.7. The van der Waals surface area contributed by atoms with Crippen molar-refractivity contribution in [2.24, 2.45) is 0 Å². The Bertz CT molecular complexity index is 577. The first-order valence-electron chi connectivity index (χ1n) is 8.21. The Morgan fingerprint density at radius 1 is 1.17 bits per heavy atom. The molecule has 2 saturated heterocycles. The Labute approximate surface area is 138 Å². The monoisotopic (exact) mass is 321 g/mol. The van der Waals surface area contributed by atoms with Crippen LogP contribution < -0.4 is 10.4 Å². The van der Waals surface area contributed by atoms with Gasteiger partial charge in [0.1, 0.15) is 5.82 Å². The quantitative estimate of drug-likeness (QED) is 0.783. The molecule has 2 aliphatic rings. The zero-order valence-corrected chi connectivity index (χ0v) is 14.6. The van der Waals surface area contributed by atoms with E-state index in [9.17, 15) is 4.39 Å². The van der Waals surface area contributed by atoms with Gasteiger partial charge in [-0.05, 0) is 46.8 Å². The smallest absolute Gasteiger partial charge is 0.399 e. The second-order valence-electron chi connectivity index (χ2n) is 7.41. The van der Waals surface area contributed by atoms with Gasteiger partial charge in [0.2, 0.25) is 0 Å². The molecule has 1 aromatic rings. The van der Waals surface area contributed by atoms with Crippen LogP contribution in [0.1, 0.15) is 34.6 Å². The van der Waals surface area contributed by atoms with Crippen LogP contribution in [-0.4, -0.2) is 44.1 Å². The third kappa shape index (κ3) is 3.00. The van der Waals surface area contributed by atoms with Crippen molar-refractivity contribution < 1.29 is 18.4 Å². The zero-order chi connectivity index (χ0) is 16.8. The maximum absolute atomic E-state index is 14.7. The van der Waals surface area contributed by atoms with Crippen molar-refractivity contribution in [1.82, 2.24) is 0 Å². The first-order chi connectivity index (χ1) is 10.7. The van der Waals surface area contributed by atoms with Gasteiger partial charge >= 0.3 is 7.12 Å². The largest absolute Gasteiger partial charge is 0.497 e. The molecule has 0 bridgehead atoms. The fourth-order valence-electron chi connectivity index (χ4n) is 2.97. The average Bonchev–Trinajstić information content (AvgIpc) is 2.67. The summed E-state index contributed by atoms with van der Waals surface area (Å²) in [5.41, 5.74) is 0.384. The number of halogens is 1. The first-order valence-corrected chi connectivity index (χ1v) is 8.21. The van der Waals surface area contributed by atoms with Crippen molar-refractivity contribution >= 4 is 18.3 Å². The summed E-state index contributed by atoms with van der Waals surface area (Å²) < 4.78 is 32.0. The van der Waals surface area contributed by atoms with Gasteiger partial charge in [0.25, 0.3) is 0 Å². The van der Waals surface area contributed by atoms with Gasteiger partial charge < -0.3 is 18.9 Å². The summed E-state index contributed by atoms with van der Waals surface area (Å²) in [6, 6.07) is 5.52. The molecule has 0 unspecified atom stereocenters. The normalized spacial score (nSPS) is 26.6. The highest BCUT2D eigenvalue weighted by Gasteiger charge is 2.52. The van der Waals surface area contributed by atoms with E-state index in [0.29, 0.717) is 18.7 Å². The molecule has 2 heterocycles. The standard InChI is InChI=1S/C17H25BFNO3/c1-12-11-21-9-8-20(12)13-6-7-14(15(19)10-13)18-22-16(2,3)17(4,5)23-18/h6-7,10,12H,8-9,11H2,1-5H3/t12-/m0/s1. The van der Waals surface area contributed by atoms with Gasteiger partial charge in [-0.25, -0.2) is 4.39 Å². The molecular formula is C17H25BFNO3. The van der Waals surface area contributed by atoms with E-state index >= 15 is 0 Å². The highest BCUT2D eigenvalue weighted by molar-refractivity contribution is 6.62. The summed E-state index contributed by atoms with van der Waals surface area (Å²) in [6.07, 6.45) is 0. The van der Waals surface area contributed by atoms with E-state index in [1.54, 1.807) is 12.1 Å². The number of morpholine rings is 1. The van der Waals surface area contributed by atoms with Crippen LogP contribution in [0.5, 0.6) is 0 Å². The van der Waals surface area contributed by atoms with Crippen LogP contribution in [0.25, 0.3) is 0 Å². The maximum atomic E-state index is 14.7. The minimum atomic E-state index is -0.670. The summed E-state index contributed by atoms with van der Waals surface area (Å²) in [5.74, 6) is -0.292. The lowest BCUT2D eigenvalue weighted by Crippen LogP contribution is -2.44. The van der Waals surface area contributed by atoms with Crippen molar-refractivity contribution in [2.45, 2.75) is 51.9 Å². The number of ether oxygens (including phenoxy) is 1. The second-order valence-corrected chi connectivity index (χ2v) is 7.41. The van der Waals surface area contributed by atoms with E-state index in [-0.39, 0.29) is 11.9 Å². The Balaban J connectivity index is 1.83. The summed E-state index contributed by atoms with van der Waals surface area (Å²) >= 11 is 0. The van der Waals surface area contributed by atoms with Crippen molar-refractivity contribution in [3.05, 3.63) is 24.0 Å². The van der Waals surface area contributed by atoms with Crippen LogP contribution in [0.15, 0.2) is 18.2 Å². The van der Waals surface area contributed by atoms with Gasteiger partial charge in [0.15, 0.2) is 0 Å². The average molecular weight is 321 g/mol. The molecule has 4 nitrogen and oxygen atoms in total. The molecule has 0 amide bonds. The van der Waals surface area contributed by atoms with Gasteiger partial charge in [0, 0.05) is 23.7 Å². The van der Waals surface area contributed by atoms with E-state index in [1.807, 2.05) is 33.8 Å². The molecule has 0 aliphatic carbocycles. The molecular weight excluding hydrogens is 296 g/mol. The highest BCUT2D eigenvalue weighted by Crippen LogP contribution is 2.36. The molecule has 2 aliphatic heterocycles. The fraction of sp³-hybridized carbons (Fsp3) is 0.647.